The second-order valence-electron chi connectivity index (χ2n) is 3.02. The van der Waals surface area contributed by atoms with E-state index in [1.807, 2.05) is 12.1 Å². The van der Waals surface area contributed by atoms with Gasteiger partial charge in [-0.05, 0) is 24.0 Å². The van der Waals surface area contributed by atoms with Gasteiger partial charge in [0.25, 0.3) is 0 Å². The lowest BCUT2D eigenvalue weighted by molar-refractivity contribution is -0.107. The molecule has 0 N–H and O–H groups in total. The van der Waals surface area contributed by atoms with Crippen LogP contribution in [0.25, 0.3) is 0 Å². The first-order valence-electron chi connectivity index (χ1n) is 4.49. The van der Waals surface area contributed by atoms with E-state index in [0.717, 1.165) is 19.1 Å². The van der Waals surface area contributed by atoms with E-state index >= 15 is 0 Å². The molecule has 0 amide bonds. The maximum atomic E-state index is 10.2. The molecule has 0 aliphatic carbocycles. The molecule has 1 heteroatoms. The van der Waals surface area contributed by atoms with Gasteiger partial charge in [0.1, 0.15) is 6.29 Å². The van der Waals surface area contributed by atoms with Crippen LogP contribution in [0.5, 0.6) is 0 Å². The summed E-state index contributed by atoms with van der Waals surface area (Å²) in [4.78, 5) is 10.2. The quantitative estimate of drug-likeness (QED) is 0.495. The second kappa shape index (κ2) is 5.31. The van der Waals surface area contributed by atoms with Gasteiger partial charge in [0.05, 0.1) is 0 Å². The van der Waals surface area contributed by atoms with Crippen molar-refractivity contribution in [2.24, 2.45) is 0 Å². The molecule has 0 unspecified atom stereocenters. The van der Waals surface area contributed by atoms with Gasteiger partial charge in [-0.25, -0.2) is 0 Å². The lowest BCUT2D eigenvalue weighted by Gasteiger charge is -2.00. The number of rotatable bonds is 5. The highest BCUT2D eigenvalue weighted by Gasteiger charge is 1.94. The van der Waals surface area contributed by atoms with E-state index in [1.165, 1.54) is 11.1 Å². The third-order valence-electron chi connectivity index (χ3n) is 1.92. The minimum absolute atomic E-state index is 0.609. The molecule has 0 atom stereocenters. The molecule has 0 fully saturated rings. The zero-order valence-electron chi connectivity index (χ0n) is 7.70. The van der Waals surface area contributed by atoms with E-state index < -0.39 is 0 Å². The fourth-order valence-electron chi connectivity index (χ4n) is 1.30. The number of hydrogen-bond donors (Lipinski definition) is 0. The summed E-state index contributed by atoms with van der Waals surface area (Å²) in [6, 6.07) is 8.28. The van der Waals surface area contributed by atoms with E-state index in [4.69, 9.17) is 0 Å². The van der Waals surface area contributed by atoms with Gasteiger partial charge in [0.2, 0.25) is 0 Å². The molecule has 0 saturated heterocycles. The van der Waals surface area contributed by atoms with Crippen molar-refractivity contribution < 1.29 is 4.79 Å². The van der Waals surface area contributed by atoms with Crippen molar-refractivity contribution in [3.05, 3.63) is 48.0 Å². The van der Waals surface area contributed by atoms with Gasteiger partial charge in [0, 0.05) is 6.42 Å². The summed E-state index contributed by atoms with van der Waals surface area (Å²) in [5.41, 5.74) is 2.49. The Hall–Kier alpha value is -1.37. The van der Waals surface area contributed by atoms with Crippen LogP contribution >= 0.6 is 0 Å². The predicted molar refractivity (Wildman–Crippen MR) is 54.7 cm³/mol. The third-order valence-corrected chi connectivity index (χ3v) is 1.92. The molecule has 1 nitrogen and oxygen atoms in total. The topological polar surface area (TPSA) is 17.1 Å². The molecule has 1 rings (SSSR count). The molecule has 68 valence electrons. The number of carbonyl (C=O) groups excluding carboxylic acids is 1. The SMILES string of the molecule is C=CCc1cccc(CCC=O)c1. The standard InChI is InChI=1S/C12H14O/c1-2-5-11-6-3-7-12(10-11)8-4-9-13/h2-3,6-7,9-10H,1,4-5,8H2. The number of allylic oxidation sites excluding steroid dienone is 1. The average Bonchev–Trinajstić information content (AvgIpc) is 2.16. The molecule has 0 heterocycles. The van der Waals surface area contributed by atoms with Crippen molar-refractivity contribution in [3.63, 3.8) is 0 Å². The normalized spacial score (nSPS) is 9.54. The minimum atomic E-state index is 0.609. The van der Waals surface area contributed by atoms with Crippen molar-refractivity contribution in [1.29, 1.82) is 0 Å². The predicted octanol–water partition coefficient (Wildman–Crippen LogP) is 2.55. The Labute approximate surface area is 79.1 Å². The van der Waals surface area contributed by atoms with E-state index in [9.17, 15) is 4.79 Å². The Kier molecular flexibility index (Phi) is 3.97. The van der Waals surface area contributed by atoms with Crippen LogP contribution in [0.15, 0.2) is 36.9 Å². The average molecular weight is 174 g/mol. The van der Waals surface area contributed by atoms with E-state index in [0.29, 0.717) is 6.42 Å². The summed E-state index contributed by atoms with van der Waals surface area (Å²) in [5, 5.41) is 0. The van der Waals surface area contributed by atoms with Crippen LogP contribution in [-0.2, 0) is 17.6 Å². The monoisotopic (exact) mass is 174 g/mol. The number of carbonyl (C=O) groups is 1. The molecular weight excluding hydrogens is 160 g/mol. The van der Waals surface area contributed by atoms with Crippen LogP contribution < -0.4 is 0 Å². The molecule has 0 aliphatic heterocycles. The first-order chi connectivity index (χ1) is 6.36. The first-order valence-corrected chi connectivity index (χ1v) is 4.49. The summed E-state index contributed by atoms with van der Waals surface area (Å²) in [6.45, 7) is 3.69. The lowest BCUT2D eigenvalue weighted by atomic mass is 10.1. The Balaban J connectivity index is 2.66. The molecule has 0 radical (unpaired) electrons. The van der Waals surface area contributed by atoms with Crippen LogP contribution in [0.2, 0.25) is 0 Å². The molecular formula is C12H14O. The van der Waals surface area contributed by atoms with Gasteiger partial charge >= 0.3 is 0 Å². The Morgan fingerprint density at radius 1 is 1.31 bits per heavy atom. The fraction of sp³-hybridized carbons (Fsp3) is 0.250. The van der Waals surface area contributed by atoms with E-state index in [2.05, 4.69) is 24.8 Å². The van der Waals surface area contributed by atoms with Crippen molar-refractivity contribution in [3.8, 4) is 0 Å². The van der Waals surface area contributed by atoms with Gasteiger partial charge in [0.15, 0.2) is 0 Å². The molecule has 0 bridgehead atoms. The van der Waals surface area contributed by atoms with Gasteiger partial charge in [-0.1, -0.05) is 30.3 Å². The van der Waals surface area contributed by atoms with E-state index in [1.54, 1.807) is 0 Å². The van der Waals surface area contributed by atoms with Gasteiger partial charge in [-0.2, -0.15) is 0 Å². The molecule has 1 aromatic rings. The Morgan fingerprint density at radius 2 is 2.08 bits per heavy atom. The summed E-state index contributed by atoms with van der Waals surface area (Å²) in [6.07, 6.45) is 5.19. The van der Waals surface area contributed by atoms with Crippen molar-refractivity contribution >= 4 is 6.29 Å². The fourth-order valence-corrected chi connectivity index (χ4v) is 1.30. The molecule has 0 spiro atoms. The molecule has 0 aliphatic rings. The van der Waals surface area contributed by atoms with Crippen molar-refractivity contribution in [2.45, 2.75) is 19.3 Å². The summed E-state index contributed by atoms with van der Waals surface area (Å²) in [7, 11) is 0. The number of aryl methyl sites for hydroxylation is 1. The minimum Gasteiger partial charge on any atom is -0.303 e. The van der Waals surface area contributed by atoms with Crippen LogP contribution in [0.3, 0.4) is 0 Å². The van der Waals surface area contributed by atoms with Gasteiger partial charge in [-0.15, -0.1) is 6.58 Å². The summed E-state index contributed by atoms with van der Waals surface area (Å²) < 4.78 is 0. The zero-order valence-corrected chi connectivity index (χ0v) is 7.70. The van der Waals surface area contributed by atoms with Gasteiger partial charge < -0.3 is 4.79 Å². The number of hydrogen-bond acceptors (Lipinski definition) is 1. The highest BCUT2D eigenvalue weighted by Crippen LogP contribution is 2.07. The van der Waals surface area contributed by atoms with E-state index in [-0.39, 0.29) is 0 Å². The molecule has 1 aromatic carbocycles. The second-order valence-corrected chi connectivity index (χ2v) is 3.02. The maximum absolute atomic E-state index is 10.2. The number of benzene rings is 1. The Bertz CT molecular complexity index is 289. The molecule has 0 aromatic heterocycles. The highest BCUT2D eigenvalue weighted by atomic mass is 16.1. The molecule has 13 heavy (non-hydrogen) atoms. The Morgan fingerprint density at radius 3 is 2.77 bits per heavy atom. The largest absolute Gasteiger partial charge is 0.303 e. The van der Waals surface area contributed by atoms with Crippen LogP contribution in [-0.4, -0.2) is 6.29 Å². The maximum Gasteiger partial charge on any atom is 0.120 e. The highest BCUT2D eigenvalue weighted by molar-refractivity contribution is 5.50. The summed E-state index contributed by atoms with van der Waals surface area (Å²) >= 11 is 0. The summed E-state index contributed by atoms with van der Waals surface area (Å²) in [5.74, 6) is 0. The van der Waals surface area contributed by atoms with Crippen LogP contribution in [0.4, 0.5) is 0 Å². The van der Waals surface area contributed by atoms with Crippen molar-refractivity contribution in [1.82, 2.24) is 0 Å². The molecule has 0 saturated carbocycles. The van der Waals surface area contributed by atoms with Crippen LogP contribution in [0.1, 0.15) is 17.5 Å². The van der Waals surface area contributed by atoms with Crippen molar-refractivity contribution in [2.75, 3.05) is 0 Å². The third kappa shape index (κ3) is 3.24. The smallest absolute Gasteiger partial charge is 0.120 e. The number of aldehydes is 1. The van der Waals surface area contributed by atoms with Gasteiger partial charge in [-0.3, -0.25) is 0 Å². The lowest BCUT2D eigenvalue weighted by Crippen LogP contribution is -1.88. The zero-order chi connectivity index (χ0) is 9.52. The van der Waals surface area contributed by atoms with Crippen LogP contribution in [0, 0.1) is 0 Å². The first kappa shape index (κ1) is 9.72.